The summed E-state index contributed by atoms with van der Waals surface area (Å²) >= 11 is 0. The van der Waals surface area contributed by atoms with Gasteiger partial charge in [-0.15, -0.1) is 0 Å². The lowest BCUT2D eigenvalue weighted by molar-refractivity contribution is 0.414. The first-order chi connectivity index (χ1) is 11.7. The summed E-state index contributed by atoms with van der Waals surface area (Å²) in [4.78, 5) is 12.2. The van der Waals surface area contributed by atoms with Crippen LogP contribution in [-0.2, 0) is 6.54 Å². The summed E-state index contributed by atoms with van der Waals surface area (Å²) in [6.45, 7) is 2.72. The maximum Gasteiger partial charge on any atom is 0.255 e. The number of aryl methyl sites for hydroxylation is 1. The molecule has 1 heterocycles. The molecule has 24 heavy (non-hydrogen) atoms. The number of para-hydroxylation sites is 1. The lowest BCUT2D eigenvalue weighted by atomic mass is 10.2. The molecule has 0 atom stereocenters. The molecule has 0 amide bonds. The Morgan fingerprint density at radius 1 is 1.00 bits per heavy atom. The van der Waals surface area contributed by atoms with Gasteiger partial charge in [0.25, 0.3) is 5.56 Å². The van der Waals surface area contributed by atoms with E-state index in [9.17, 15) is 4.79 Å². The zero-order valence-corrected chi connectivity index (χ0v) is 13.8. The second-order valence-corrected chi connectivity index (χ2v) is 5.61. The van der Waals surface area contributed by atoms with Crippen LogP contribution in [0, 0.1) is 6.92 Å². The minimum atomic E-state index is -0.0557. The topological polar surface area (TPSA) is 43.3 Å². The SMILES string of the molecule is COc1ccc(-n2cc(CNc3ccccc3C)ccc2=O)cc1. The fourth-order valence-corrected chi connectivity index (χ4v) is 2.55. The summed E-state index contributed by atoms with van der Waals surface area (Å²) in [7, 11) is 1.62. The Bertz CT molecular complexity index is 883. The second-order valence-electron chi connectivity index (χ2n) is 5.61. The Balaban J connectivity index is 1.83. The van der Waals surface area contributed by atoms with Crippen molar-refractivity contribution < 1.29 is 4.74 Å². The lowest BCUT2D eigenvalue weighted by Gasteiger charge is -2.12. The third-order valence-electron chi connectivity index (χ3n) is 3.95. The quantitative estimate of drug-likeness (QED) is 0.778. The number of nitrogens with zero attached hydrogens (tertiary/aromatic N) is 1. The number of hydrogen-bond acceptors (Lipinski definition) is 3. The Hall–Kier alpha value is -3.01. The van der Waals surface area contributed by atoms with Gasteiger partial charge in [-0.2, -0.15) is 0 Å². The Morgan fingerprint density at radius 2 is 1.75 bits per heavy atom. The van der Waals surface area contributed by atoms with Crippen molar-refractivity contribution in [2.45, 2.75) is 13.5 Å². The van der Waals surface area contributed by atoms with Gasteiger partial charge in [0.2, 0.25) is 0 Å². The second kappa shape index (κ2) is 7.04. The van der Waals surface area contributed by atoms with Gasteiger partial charge in [0, 0.05) is 30.2 Å². The maximum atomic E-state index is 12.2. The fourth-order valence-electron chi connectivity index (χ4n) is 2.55. The van der Waals surface area contributed by atoms with Crippen LogP contribution in [0.25, 0.3) is 5.69 Å². The van der Waals surface area contributed by atoms with Crippen LogP contribution in [0.2, 0.25) is 0 Å². The molecule has 0 aliphatic rings. The van der Waals surface area contributed by atoms with Gasteiger partial charge >= 0.3 is 0 Å². The van der Waals surface area contributed by atoms with Crippen molar-refractivity contribution in [3.8, 4) is 11.4 Å². The van der Waals surface area contributed by atoms with Gasteiger partial charge in [0.05, 0.1) is 7.11 Å². The number of hydrogen-bond donors (Lipinski definition) is 1. The third-order valence-corrected chi connectivity index (χ3v) is 3.95. The number of benzene rings is 2. The average molecular weight is 320 g/mol. The molecule has 2 aromatic carbocycles. The molecule has 0 unspecified atom stereocenters. The van der Waals surface area contributed by atoms with Crippen molar-refractivity contribution in [3.05, 3.63) is 88.3 Å². The first kappa shape index (κ1) is 15.9. The van der Waals surface area contributed by atoms with Crippen LogP contribution < -0.4 is 15.6 Å². The molecule has 0 saturated carbocycles. The zero-order chi connectivity index (χ0) is 16.9. The van der Waals surface area contributed by atoms with Crippen LogP contribution in [0.5, 0.6) is 5.75 Å². The summed E-state index contributed by atoms with van der Waals surface area (Å²) in [5, 5.41) is 3.41. The molecule has 0 aliphatic carbocycles. The summed E-state index contributed by atoms with van der Waals surface area (Å²) in [6.07, 6.45) is 1.87. The molecule has 122 valence electrons. The number of methoxy groups -OCH3 is 1. The first-order valence-corrected chi connectivity index (χ1v) is 7.83. The number of pyridine rings is 1. The van der Waals surface area contributed by atoms with Crippen molar-refractivity contribution in [2.24, 2.45) is 0 Å². The standard InChI is InChI=1S/C20H20N2O2/c1-15-5-3-4-6-19(15)21-13-16-7-12-20(23)22(14-16)17-8-10-18(24-2)11-9-17/h3-12,14,21H,13H2,1-2H3. The highest BCUT2D eigenvalue weighted by Gasteiger charge is 2.03. The van der Waals surface area contributed by atoms with Crippen LogP contribution >= 0.6 is 0 Å². The predicted molar refractivity (Wildman–Crippen MR) is 97.1 cm³/mol. The average Bonchev–Trinajstić information content (AvgIpc) is 2.62. The summed E-state index contributed by atoms with van der Waals surface area (Å²) < 4.78 is 6.81. The van der Waals surface area contributed by atoms with E-state index >= 15 is 0 Å². The van der Waals surface area contributed by atoms with Crippen molar-refractivity contribution in [2.75, 3.05) is 12.4 Å². The molecule has 3 aromatic rings. The lowest BCUT2D eigenvalue weighted by Crippen LogP contribution is -2.17. The molecular weight excluding hydrogens is 300 g/mol. The molecule has 0 radical (unpaired) electrons. The number of nitrogens with one attached hydrogen (secondary N) is 1. The Morgan fingerprint density at radius 3 is 2.46 bits per heavy atom. The van der Waals surface area contributed by atoms with Crippen LogP contribution in [0.15, 0.2) is 71.7 Å². The van der Waals surface area contributed by atoms with Gasteiger partial charge in [-0.05, 0) is 48.4 Å². The molecule has 0 fully saturated rings. The molecule has 0 bridgehead atoms. The van der Waals surface area contributed by atoms with E-state index < -0.39 is 0 Å². The van der Waals surface area contributed by atoms with Crippen LogP contribution in [-0.4, -0.2) is 11.7 Å². The minimum Gasteiger partial charge on any atom is -0.497 e. The van der Waals surface area contributed by atoms with Crippen molar-refractivity contribution >= 4 is 5.69 Å². The van der Waals surface area contributed by atoms with Gasteiger partial charge < -0.3 is 10.1 Å². The fraction of sp³-hybridized carbons (Fsp3) is 0.150. The summed E-state index contributed by atoms with van der Waals surface area (Å²) in [5.74, 6) is 0.768. The van der Waals surface area contributed by atoms with Gasteiger partial charge in [0.1, 0.15) is 5.75 Å². The molecule has 0 saturated heterocycles. The molecule has 3 rings (SSSR count). The highest BCUT2D eigenvalue weighted by Crippen LogP contribution is 2.16. The van der Waals surface area contributed by atoms with Crippen LogP contribution in [0.4, 0.5) is 5.69 Å². The molecule has 0 spiro atoms. The normalized spacial score (nSPS) is 10.4. The van der Waals surface area contributed by atoms with Crippen molar-refractivity contribution in [1.82, 2.24) is 4.57 Å². The van der Waals surface area contributed by atoms with E-state index in [0.29, 0.717) is 6.54 Å². The number of aromatic nitrogens is 1. The zero-order valence-electron chi connectivity index (χ0n) is 13.8. The van der Waals surface area contributed by atoms with Crippen molar-refractivity contribution in [1.29, 1.82) is 0 Å². The molecule has 1 N–H and O–H groups in total. The Kier molecular flexibility index (Phi) is 4.66. The highest BCUT2D eigenvalue weighted by atomic mass is 16.5. The van der Waals surface area contributed by atoms with E-state index in [0.717, 1.165) is 22.7 Å². The number of rotatable bonds is 5. The molecular formula is C20H20N2O2. The summed E-state index contributed by atoms with van der Waals surface area (Å²) in [5.41, 5.74) is 4.09. The van der Waals surface area contributed by atoms with E-state index in [1.54, 1.807) is 17.7 Å². The van der Waals surface area contributed by atoms with Crippen molar-refractivity contribution in [3.63, 3.8) is 0 Å². The smallest absolute Gasteiger partial charge is 0.255 e. The molecule has 4 nitrogen and oxygen atoms in total. The Labute approximate surface area is 141 Å². The van der Waals surface area contributed by atoms with Gasteiger partial charge in [-0.1, -0.05) is 24.3 Å². The van der Waals surface area contributed by atoms with E-state index in [1.165, 1.54) is 5.56 Å². The van der Waals surface area contributed by atoms with E-state index in [2.05, 4.69) is 24.4 Å². The minimum absolute atomic E-state index is 0.0557. The van der Waals surface area contributed by atoms with E-state index in [1.807, 2.05) is 48.7 Å². The summed E-state index contributed by atoms with van der Waals surface area (Å²) in [6, 6.07) is 19.0. The van der Waals surface area contributed by atoms with E-state index in [4.69, 9.17) is 4.74 Å². The van der Waals surface area contributed by atoms with Gasteiger partial charge in [0.15, 0.2) is 0 Å². The van der Waals surface area contributed by atoms with E-state index in [-0.39, 0.29) is 5.56 Å². The highest BCUT2D eigenvalue weighted by molar-refractivity contribution is 5.50. The van der Waals surface area contributed by atoms with Crippen LogP contribution in [0.3, 0.4) is 0 Å². The largest absolute Gasteiger partial charge is 0.497 e. The number of anilines is 1. The molecule has 4 heteroatoms. The molecule has 0 aliphatic heterocycles. The van der Waals surface area contributed by atoms with Crippen LogP contribution in [0.1, 0.15) is 11.1 Å². The van der Waals surface area contributed by atoms with Gasteiger partial charge in [-0.25, -0.2) is 0 Å². The molecule has 1 aromatic heterocycles. The first-order valence-electron chi connectivity index (χ1n) is 7.83. The van der Waals surface area contributed by atoms with Gasteiger partial charge in [-0.3, -0.25) is 9.36 Å². The predicted octanol–water partition coefficient (Wildman–Crippen LogP) is 3.77. The third kappa shape index (κ3) is 3.49. The maximum absolute atomic E-state index is 12.2. The number of ether oxygens (including phenoxy) is 1. The monoisotopic (exact) mass is 320 g/mol.